The lowest BCUT2D eigenvalue weighted by molar-refractivity contribution is 0.191. The topological polar surface area (TPSA) is 52.6 Å². The molecule has 0 aliphatic heterocycles. The molecule has 0 aliphatic carbocycles. The van der Waals surface area contributed by atoms with Crippen molar-refractivity contribution >= 4 is 5.96 Å². The van der Waals surface area contributed by atoms with Crippen molar-refractivity contribution in [1.82, 2.24) is 20.5 Å². The molecule has 1 heterocycles. The van der Waals surface area contributed by atoms with E-state index in [4.69, 9.17) is 0 Å². The maximum Gasteiger partial charge on any atom is 0.191 e. The monoisotopic (exact) mass is 333 g/mol. The zero-order valence-electron chi connectivity index (χ0n) is 16.0. The average Bonchev–Trinajstić information content (AvgIpc) is 2.58. The van der Waals surface area contributed by atoms with E-state index >= 15 is 0 Å². The van der Waals surface area contributed by atoms with E-state index in [-0.39, 0.29) is 0 Å². The van der Waals surface area contributed by atoms with Gasteiger partial charge in [0, 0.05) is 25.3 Å². The van der Waals surface area contributed by atoms with Gasteiger partial charge in [0.15, 0.2) is 5.96 Å². The average molecular weight is 334 g/mol. The van der Waals surface area contributed by atoms with Crippen molar-refractivity contribution in [2.75, 3.05) is 26.2 Å². The van der Waals surface area contributed by atoms with E-state index in [9.17, 15) is 0 Å². The van der Waals surface area contributed by atoms with Crippen LogP contribution < -0.4 is 10.6 Å². The van der Waals surface area contributed by atoms with Gasteiger partial charge in [-0.15, -0.1) is 0 Å². The Kier molecular flexibility index (Phi) is 10.1. The van der Waals surface area contributed by atoms with Crippen molar-refractivity contribution in [2.45, 2.75) is 53.6 Å². The zero-order valence-corrected chi connectivity index (χ0v) is 16.0. The summed E-state index contributed by atoms with van der Waals surface area (Å²) in [6.45, 7) is 15.7. The fraction of sp³-hybridized carbons (Fsp3) is 0.684. The third-order valence-corrected chi connectivity index (χ3v) is 4.05. The molecule has 0 spiro atoms. The fourth-order valence-electron chi connectivity index (χ4n) is 2.85. The van der Waals surface area contributed by atoms with Gasteiger partial charge in [-0.1, -0.05) is 33.8 Å². The van der Waals surface area contributed by atoms with E-state index in [2.05, 4.69) is 60.1 Å². The molecular weight excluding hydrogens is 298 g/mol. The molecule has 0 fully saturated rings. The van der Waals surface area contributed by atoms with Gasteiger partial charge in [0.05, 0.1) is 12.2 Å². The summed E-state index contributed by atoms with van der Waals surface area (Å²) in [6, 6.07) is 6.46. The summed E-state index contributed by atoms with van der Waals surface area (Å²) in [5.74, 6) is 1.55. The molecule has 136 valence electrons. The number of aromatic nitrogens is 1. The smallest absolute Gasteiger partial charge is 0.191 e. The number of guanidine groups is 1. The number of aliphatic imine (C=N–C) groups is 1. The van der Waals surface area contributed by atoms with E-state index in [1.807, 2.05) is 24.4 Å². The van der Waals surface area contributed by atoms with Crippen LogP contribution in [0.3, 0.4) is 0 Å². The highest BCUT2D eigenvalue weighted by atomic mass is 15.2. The normalized spacial score (nSPS) is 13.4. The highest BCUT2D eigenvalue weighted by molar-refractivity contribution is 5.79. The first-order chi connectivity index (χ1) is 11.6. The standard InChI is InChI=1S/C19H35N5/c1-6-20-19(22-14-17-11-9-10-12-21-17)23-15-18(13-16(4)5)24(7-2)8-3/h9-12,16,18H,6-8,13-15H2,1-5H3,(H2,20,22,23). The van der Waals surface area contributed by atoms with Gasteiger partial charge in [-0.2, -0.15) is 0 Å². The highest BCUT2D eigenvalue weighted by Gasteiger charge is 2.17. The van der Waals surface area contributed by atoms with Gasteiger partial charge in [0.1, 0.15) is 0 Å². The lowest BCUT2D eigenvalue weighted by Gasteiger charge is -2.31. The number of pyridine rings is 1. The molecule has 0 saturated heterocycles. The second-order valence-corrected chi connectivity index (χ2v) is 6.40. The van der Waals surface area contributed by atoms with Gasteiger partial charge in [-0.3, -0.25) is 9.88 Å². The summed E-state index contributed by atoms with van der Waals surface area (Å²) in [4.78, 5) is 11.5. The molecular formula is C19H35N5. The summed E-state index contributed by atoms with van der Waals surface area (Å²) in [5, 5.41) is 6.84. The number of likely N-dealkylation sites (N-methyl/N-ethyl adjacent to an activating group) is 1. The lowest BCUT2D eigenvalue weighted by atomic mass is 10.0. The van der Waals surface area contributed by atoms with Gasteiger partial charge in [-0.05, 0) is 44.5 Å². The number of rotatable bonds is 10. The van der Waals surface area contributed by atoms with Crippen LogP contribution in [0, 0.1) is 5.92 Å². The molecule has 0 amide bonds. The Morgan fingerprint density at radius 2 is 1.92 bits per heavy atom. The Morgan fingerprint density at radius 1 is 1.17 bits per heavy atom. The van der Waals surface area contributed by atoms with Gasteiger partial charge < -0.3 is 10.6 Å². The molecule has 1 rings (SSSR count). The second kappa shape index (κ2) is 11.8. The van der Waals surface area contributed by atoms with Gasteiger partial charge in [-0.25, -0.2) is 4.99 Å². The lowest BCUT2D eigenvalue weighted by Crippen LogP contribution is -2.47. The molecule has 5 nitrogen and oxygen atoms in total. The Hall–Kier alpha value is -1.62. The van der Waals surface area contributed by atoms with Crippen LogP contribution in [-0.2, 0) is 6.54 Å². The van der Waals surface area contributed by atoms with Crippen molar-refractivity contribution in [3.63, 3.8) is 0 Å². The minimum atomic E-state index is 0.527. The molecule has 1 unspecified atom stereocenters. The van der Waals surface area contributed by atoms with Crippen molar-refractivity contribution < 1.29 is 0 Å². The Labute approximate surface area is 148 Å². The van der Waals surface area contributed by atoms with E-state index in [0.29, 0.717) is 18.5 Å². The molecule has 0 saturated carbocycles. The SMILES string of the molecule is CCNC(=NCc1ccccn1)NCC(CC(C)C)N(CC)CC. The number of hydrogen-bond donors (Lipinski definition) is 2. The molecule has 1 aromatic rings. The third-order valence-electron chi connectivity index (χ3n) is 4.05. The summed E-state index contributed by atoms with van der Waals surface area (Å²) < 4.78 is 0. The number of hydrogen-bond acceptors (Lipinski definition) is 3. The van der Waals surface area contributed by atoms with Crippen LogP contribution in [0.15, 0.2) is 29.4 Å². The Morgan fingerprint density at radius 3 is 2.46 bits per heavy atom. The van der Waals surface area contributed by atoms with Crippen LogP contribution in [0.4, 0.5) is 0 Å². The summed E-state index contributed by atoms with van der Waals surface area (Å²) in [6.07, 6.45) is 3.00. The summed E-state index contributed by atoms with van der Waals surface area (Å²) in [5.41, 5.74) is 0.983. The molecule has 0 bridgehead atoms. The highest BCUT2D eigenvalue weighted by Crippen LogP contribution is 2.10. The third kappa shape index (κ3) is 7.77. The van der Waals surface area contributed by atoms with Crippen LogP contribution in [0.25, 0.3) is 0 Å². The second-order valence-electron chi connectivity index (χ2n) is 6.40. The molecule has 1 atom stereocenters. The minimum absolute atomic E-state index is 0.527. The van der Waals surface area contributed by atoms with Gasteiger partial charge >= 0.3 is 0 Å². The van der Waals surface area contributed by atoms with Crippen LogP contribution in [0.2, 0.25) is 0 Å². The molecule has 2 N–H and O–H groups in total. The summed E-state index contributed by atoms with van der Waals surface area (Å²) >= 11 is 0. The van der Waals surface area contributed by atoms with Crippen LogP contribution >= 0.6 is 0 Å². The van der Waals surface area contributed by atoms with Crippen molar-refractivity contribution in [3.05, 3.63) is 30.1 Å². The van der Waals surface area contributed by atoms with Crippen molar-refractivity contribution in [3.8, 4) is 0 Å². The first-order valence-corrected chi connectivity index (χ1v) is 9.26. The van der Waals surface area contributed by atoms with E-state index in [0.717, 1.165) is 37.8 Å². The zero-order chi connectivity index (χ0) is 17.8. The van der Waals surface area contributed by atoms with Crippen LogP contribution in [0.1, 0.15) is 46.7 Å². The van der Waals surface area contributed by atoms with Crippen LogP contribution in [0.5, 0.6) is 0 Å². The minimum Gasteiger partial charge on any atom is -0.357 e. The Balaban J connectivity index is 2.67. The number of nitrogens with one attached hydrogen (secondary N) is 2. The Bertz CT molecular complexity index is 454. The quantitative estimate of drug-likeness (QED) is 0.511. The van der Waals surface area contributed by atoms with Gasteiger partial charge in [0.25, 0.3) is 0 Å². The van der Waals surface area contributed by atoms with Crippen LogP contribution in [-0.4, -0.2) is 48.1 Å². The first kappa shape index (κ1) is 20.4. The predicted molar refractivity (Wildman–Crippen MR) is 103 cm³/mol. The molecule has 5 heteroatoms. The largest absolute Gasteiger partial charge is 0.357 e. The molecule has 1 aromatic heterocycles. The fourth-order valence-corrected chi connectivity index (χ4v) is 2.85. The maximum absolute atomic E-state index is 4.66. The van der Waals surface area contributed by atoms with Gasteiger partial charge in [0.2, 0.25) is 0 Å². The van der Waals surface area contributed by atoms with Crippen molar-refractivity contribution in [1.29, 1.82) is 0 Å². The van der Waals surface area contributed by atoms with Crippen molar-refractivity contribution in [2.24, 2.45) is 10.9 Å². The first-order valence-electron chi connectivity index (χ1n) is 9.26. The van der Waals surface area contributed by atoms with E-state index in [1.54, 1.807) is 0 Å². The molecule has 0 radical (unpaired) electrons. The maximum atomic E-state index is 4.66. The molecule has 24 heavy (non-hydrogen) atoms. The summed E-state index contributed by atoms with van der Waals surface area (Å²) in [7, 11) is 0. The molecule has 0 aromatic carbocycles. The van der Waals surface area contributed by atoms with E-state index in [1.165, 1.54) is 6.42 Å². The molecule has 0 aliphatic rings. The van der Waals surface area contributed by atoms with E-state index < -0.39 is 0 Å². The number of nitrogens with zero attached hydrogens (tertiary/aromatic N) is 3. The predicted octanol–water partition coefficient (Wildman–Crippen LogP) is 2.89.